The summed E-state index contributed by atoms with van der Waals surface area (Å²) in [6, 6.07) is 11.0. The lowest BCUT2D eigenvalue weighted by Gasteiger charge is -2.51. The molecule has 1 N–H and O–H groups in total. The molecule has 2 aromatic carbocycles. The second-order valence-electron chi connectivity index (χ2n) is 13.3. The minimum absolute atomic E-state index is 0.0290. The van der Waals surface area contributed by atoms with Gasteiger partial charge in [0.25, 0.3) is 5.91 Å². The molecule has 0 spiro atoms. The quantitative estimate of drug-likeness (QED) is 0.212. The molecule has 3 aromatic rings. The first kappa shape index (κ1) is 34.9. The molecule has 1 aromatic heterocycles. The van der Waals surface area contributed by atoms with Gasteiger partial charge in [0.15, 0.2) is 5.78 Å². The van der Waals surface area contributed by atoms with Crippen LogP contribution >= 0.6 is 23.2 Å². The number of ether oxygens (including phenoxy) is 2. The molecular formula is C37H46Cl2N4O5. The monoisotopic (exact) mass is 696 g/mol. The SMILES string of the molecule is CCOC(=O)[C@H]1CC[C@H](OC(C(=O)Cc2cc(Cl)c(NC(=O)c3cn(C)c4ccccc34)cc2Cl)(N2CCCCC2)N2CCCC2)CC1. The summed E-state index contributed by atoms with van der Waals surface area (Å²) in [5.41, 5.74) is 2.45. The van der Waals surface area contributed by atoms with Gasteiger partial charge in [-0.15, -0.1) is 0 Å². The average molecular weight is 698 g/mol. The first-order chi connectivity index (χ1) is 23.2. The maximum atomic E-state index is 14.8. The Labute approximate surface area is 292 Å². The van der Waals surface area contributed by atoms with E-state index in [1.165, 1.54) is 0 Å². The molecule has 0 bridgehead atoms. The number of carbonyl (C=O) groups excluding carboxylic acids is 3. The smallest absolute Gasteiger partial charge is 0.308 e. The molecule has 6 rings (SSSR count). The molecule has 1 amide bonds. The Bertz CT molecular complexity index is 1640. The number of hydrogen-bond acceptors (Lipinski definition) is 7. The number of piperidine rings is 1. The minimum Gasteiger partial charge on any atom is -0.466 e. The van der Waals surface area contributed by atoms with Gasteiger partial charge in [-0.05, 0) is 82.1 Å². The molecular weight excluding hydrogens is 651 g/mol. The Morgan fingerprint density at radius 2 is 1.54 bits per heavy atom. The predicted octanol–water partition coefficient (Wildman–Crippen LogP) is 7.22. The van der Waals surface area contributed by atoms with Gasteiger partial charge in [-0.2, -0.15) is 0 Å². The van der Waals surface area contributed by atoms with Gasteiger partial charge in [0, 0.05) is 61.8 Å². The number of halogens is 2. The second kappa shape index (κ2) is 15.3. The van der Waals surface area contributed by atoms with E-state index in [9.17, 15) is 14.4 Å². The van der Waals surface area contributed by atoms with Crippen molar-refractivity contribution in [2.24, 2.45) is 13.0 Å². The molecule has 9 nitrogen and oxygen atoms in total. The van der Waals surface area contributed by atoms with Crippen molar-refractivity contribution in [2.45, 2.75) is 83.1 Å². The maximum Gasteiger partial charge on any atom is 0.308 e. The first-order valence-electron chi connectivity index (χ1n) is 17.4. The van der Waals surface area contributed by atoms with E-state index in [0.29, 0.717) is 59.1 Å². The van der Waals surface area contributed by atoms with Gasteiger partial charge in [0.1, 0.15) is 0 Å². The van der Waals surface area contributed by atoms with Crippen LogP contribution in [0.15, 0.2) is 42.6 Å². The fourth-order valence-electron chi connectivity index (χ4n) is 7.71. The van der Waals surface area contributed by atoms with Gasteiger partial charge in [0.2, 0.25) is 5.85 Å². The Balaban J connectivity index is 1.25. The van der Waals surface area contributed by atoms with Crippen LogP contribution in [-0.2, 0) is 32.5 Å². The Morgan fingerprint density at radius 1 is 0.896 bits per heavy atom. The Morgan fingerprint density at radius 3 is 2.21 bits per heavy atom. The summed E-state index contributed by atoms with van der Waals surface area (Å²) in [6.45, 7) is 5.29. The van der Waals surface area contributed by atoms with Gasteiger partial charge in [0.05, 0.1) is 34.9 Å². The van der Waals surface area contributed by atoms with E-state index in [1.54, 1.807) is 18.3 Å². The summed E-state index contributed by atoms with van der Waals surface area (Å²) in [5.74, 6) is -1.85. The fraction of sp³-hybridized carbons (Fsp3) is 0.541. The molecule has 3 aliphatic rings. The number of nitrogens with zero attached hydrogens (tertiary/aromatic N) is 3. The molecule has 1 saturated carbocycles. The van der Waals surface area contributed by atoms with Crippen LogP contribution in [0.3, 0.4) is 0 Å². The number of amides is 1. The van der Waals surface area contributed by atoms with Crippen molar-refractivity contribution in [1.82, 2.24) is 14.4 Å². The van der Waals surface area contributed by atoms with E-state index in [-0.39, 0.29) is 36.1 Å². The van der Waals surface area contributed by atoms with Crippen molar-refractivity contribution < 1.29 is 23.9 Å². The van der Waals surface area contributed by atoms with Crippen molar-refractivity contribution in [3.05, 3.63) is 63.8 Å². The number of rotatable bonds is 11. The number of likely N-dealkylation sites (tertiary alicyclic amines) is 2. The highest BCUT2D eigenvalue weighted by Crippen LogP contribution is 2.39. The molecule has 1 atom stereocenters. The number of nitrogens with one attached hydrogen (secondary N) is 1. The summed E-state index contributed by atoms with van der Waals surface area (Å²) in [7, 11) is 1.90. The highest BCUT2D eigenvalue weighted by Gasteiger charge is 2.52. The van der Waals surface area contributed by atoms with E-state index in [4.69, 9.17) is 32.7 Å². The standard InChI is InChI=1S/C37H46Cl2N4O5/c1-3-47-36(46)25-13-15-27(16-14-25)48-37(43-19-9-10-20-43,42-17-7-4-8-18-42)34(44)22-26-21-31(39)32(23-30(26)38)40-35(45)29-24-41(2)33-12-6-5-11-28(29)33/h5-6,11-12,21,23-25,27H,3-4,7-10,13-20,22H2,1-2H3,(H,40,45)/t25-,27-,37?. The fourth-order valence-corrected chi connectivity index (χ4v) is 8.18. The zero-order chi connectivity index (χ0) is 33.8. The van der Waals surface area contributed by atoms with Gasteiger partial charge in [-0.1, -0.05) is 47.8 Å². The number of aromatic nitrogens is 1. The number of anilines is 1. The maximum absolute atomic E-state index is 14.8. The number of benzene rings is 2. The number of Topliss-reactive ketones (excluding diaryl/α,β-unsaturated/α-hetero) is 1. The van der Waals surface area contributed by atoms with Crippen molar-refractivity contribution in [2.75, 3.05) is 38.1 Å². The summed E-state index contributed by atoms with van der Waals surface area (Å²) in [5, 5.41) is 4.42. The molecule has 258 valence electrons. The summed E-state index contributed by atoms with van der Waals surface area (Å²) in [6.07, 6.45) is 9.54. The largest absolute Gasteiger partial charge is 0.466 e. The van der Waals surface area contributed by atoms with Crippen molar-refractivity contribution >= 4 is 57.5 Å². The molecule has 11 heteroatoms. The van der Waals surface area contributed by atoms with E-state index in [1.807, 2.05) is 42.8 Å². The van der Waals surface area contributed by atoms with Crippen molar-refractivity contribution in [1.29, 1.82) is 0 Å². The van der Waals surface area contributed by atoms with Crippen molar-refractivity contribution in [3.63, 3.8) is 0 Å². The van der Waals surface area contributed by atoms with E-state index < -0.39 is 5.85 Å². The third kappa shape index (κ3) is 7.17. The Hall–Kier alpha value is -2.95. The molecule has 3 fully saturated rings. The summed E-state index contributed by atoms with van der Waals surface area (Å²) < 4.78 is 14.3. The van der Waals surface area contributed by atoms with Crippen LogP contribution in [0.2, 0.25) is 10.0 Å². The highest BCUT2D eigenvalue weighted by atomic mass is 35.5. The number of fused-ring (bicyclic) bond motifs is 1. The minimum atomic E-state index is -1.23. The van der Waals surface area contributed by atoms with Crippen LogP contribution < -0.4 is 5.32 Å². The summed E-state index contributed by atoms with van der Waals surface area (Å²) >= 11 is 13.6. The van der Waals surface area contributed by atoms with Gasteiger partial charge in [-0.25, -0.2) is 0 Å². The molecule has 1 unspecified atom stereocenters. The molecule has 1 aliphatic carbocycles. The van der Waals surface area contributed by atoms with E-state index in [2.05, 4.69) is 15.1 Å². The number of aryl methyl sites for hydroxylation is 1. The topological polar surface area (TPSA) is 93.1 Å². The third-order valence-electron chi connectivity index (χ3n) is 10.2. The number of ketones is 1. The lowest BCUT2D eigenvalue weighted by molar-refractivity contribution is -0.258. The third-order valence-corrected chi connectivity index (χ3v) is 10.8. The van der Waals surface area contributed by atoms with Crippen LogP contribution in [0.1, 0.15) is 80.6 Å². The number of para-hydroxylation sites is 1. The van der Waals surface area contributed by atoms with Crippen LogP contribution in [0.5, 0.6) is 0 Å². The molecule has 2 aliphatic heterocycles. The Kier molecular flexibility index (Phi) is 11.1. The second-order valence-corrected chi connectivity index (χ2v) is 14.2. The van der Waals surface area contributed by atoms with E-state index in [0.717, 1.165) is 69.2 Å². The molecule has 2 saturated heterocycles. The zero-order valence-corrected chi connectivity index (χ0v) is 29.5. The summed E-state index contributed by atoms with van der Waals surface area (Å²) in [4.78, 5) is 45.1. The van der Waals surface area contributed by atoms with Gasteiger partial charge >= 0.3 is 5.97 Å². The molecule has 3 heterocycles. The van der Waals surface area contributed by atoms with Gasteiger partial charge < -0.3 is 19.4 Å². The molecule has 0 radical (unpaired) electrons. The lowest BCUT2D eigenvalue weighted by atomic mass is 9.87. The van der Waals surface area contributed by atoms with Crippen molar-refractivity contribution in [3.8, 4) is 0 Å². The van der Waals surface area contributed by atoms with Crippen LogP contribution in [0, 0.1) is 5.92 Å². The highest BCUT2D eigenvalue weighted by molar-refractivity contribution is 6.36. The first-order valence-corrected chi connectivity index (χ1v) is 18.2. The van der Waals surface area contributed by atoms with Crippen LogP contribution in [-0.4, -0.2) is 76.8 Å². The number of esters is 1. The predicted molar refractivity (Wildman–Crippen MR) is 188 cm³/mol. The zero-order valence-electron chi connectivity index (χ0n) is 27.9. The normalized spacial score (nSPS) is 22.0. The van der Waals surface area contributed by atoms with E-state index >= 15 is 0 Å². The average Bonchev–Trinajstić information content (AvgIpc) is 3.76. The lowest BCUT2D eigenvalue weighted by Crippen LogP contribution is -2.68. The van der Waals surface area contributed by atoms with Crippen LogP contribution in [0.25, 0.3) is 10.9 Å². The number of hydrogen-bond donors (Lipinski definition) is 1. The van der Waals surface area contributed by atoms with Crippen LogP contribution in [0.4, 0.5) is 5.69 Å². The van der Waals surface area contributed by atoms with Gasteiger partial charge in [-0.3, -0.25) is 24.2 Å². The molecule has 48 heavy (non-hydrogen) atoms. The number of carbonyl (C=O) groups is 3.